The van der Waals surface area contributed by atoms with E-state index in [0.717, 1.165) is 5.04 Å². The summed E-state index contributed by atoms with van der Waals surface area (Å²) in [5.74, 6) is 0. The molecule has 0 spiro atoms. The number of thioether (sulfide) groups is 1. The van der Waals surface area contributed by atoms with Gasteiger partial charge in [0, 0.05) is 0 Å². The maximum atomic E-state index is 8.65. The lowest BCUT2D eigenvalue weighted by Crippen LogP contribution is -1.96. The molecule has 48 valence electrons. The summed E-state index contributed by atoms with van der Waals surface area (Å²) in [5.41, 5.74) is 0. The van der Waals surface area contributed by atoms with Crippen molar-refractivity contribution in [3.8, 4) is 0 Å². The summed E-state index contributed by atoms with van der Waals surface area (Å²) < 4.78 is 0. The van der Waals surface area contributed by atoms with Crippen LogP contribution in [0.5, 0.6) is 0 Å². The Labute approximate surface area is 54.0 Å². The van der Waals surface area contributed by atoms with Crippen molar-refractivity contribution in [3.05, 3.63) is 0 Å². The highest BCUT2D eigenvalue weighted by atomic mass is 32.2. The molecule has 3 heteroatoms. The van der Waals surface area contributed by atoms with Crippen molar-refractivity contribution < 1.29 is 5.11 Å². The number of aliphatic hydroxyl groups is 1. The van der Waals surface area contributed by atoms with Crippen LogP contribution >= 0.6 is 11.8 Å². The van der Waals surface area contributed by atoms with E-state index < -0.39 is 6.23 Å². The van der Waals surface area contributed by atoms with Gasteiger partial charge < -0.3 is 5.11 Å². The SMILES string of the molecule is CSC(C)=NC(C)O. The second-order valence-corrected chi connectivity index (χ2v) is 2.48. The van der Waals surface area contributed by atoms with Crippen molar-refractivity contribution in [2.45, 2.75) is 20.1 Å². The van der Waals surface area contributed by atoms with E-state index in [1.165, 1.54) is 0 Å². The molecule has 0 aliphatic carbocycles. The van der Waals surface area contributed by atoms with Crippen LogP contribution in [0.3, 0.4) is 0 Å². The lowest BCUT2D eigenvalue weighted by atomic mass is 10.7. The van der Waals surface area contributed by atoms with Crippen LogP contribution in [0.2, 0.25) is 0 Å². The minimum atomic E-state index is -0.553. The maximum absolute atomic E-state index is 8.65. The highest BCUT2D eigenvalue weighted by molar-refractivity contribution is 8.13. The van der Waals surface area contributed by atoms with Gasteiger partial charge >= 0.3 is 0 Å². The molecule has 0 radical (unpaired) electrons. The molecule has 8 heavy (non-hydrogen) atoms. The number of hydrogen-bond acceptors (Lipinski definition) is 3. The molecule has 0 bridgehead atoms. The van der Waals surface area contributed by atoms with Crippen molar-refractivity contribution in [1.29, 1.82) is 0 Å². The van der Waals surface area contributed by atoms with Crippen molar-refractivity contribution in [2.75, 3.05) is 6.26 Å². The molecule has 0 aliphatic heterocycles. The van der Waals surface area contributed by atoms with E-state index >= 15 is 0 Å². The monoisotopic (exact) mass is 133 g/mol. The van der Waals surface area contributed by atoms with Gasteiger partial charge in [0.2, 0.25) is 0 Å². The lowest BCUT2D eigenvalue weighted by molar-refractivity contribution is 0.206. The molecule has 1 unspecified atom stereocenters. The van der Waals surface area contributed by atoms with Crippen LogP contribution in [0, 0.1) is 0 Å². The van der Waals surface area contributed by atoms with Crippen LogP contribution in [0.1, 0.15) is 13.8 Å². The summed E-state index contributed by atoms with van der Waals surface area (Å²) in [6, 6.07) is 0. The average molecular weight is 133 g/mol. The van der Waals surface area contributed by atoms with Crippen LogP contribution in [-0.2, 0) is 0 Å². The lowest BCUT2D eigenvalue weighted by Gasteiger charge is -1.96. The van der Waals surface area contributed by atoms with Gasteiger partial charge in [0.1, 0.15) is 6.23 Å². The summed E-state index contributed by atoms with van der Waals surface area (Å²) >= 11 is 1.54. The van der Waals surface area contributed by atoms with E-state index in [2.05, 4.69) is 4.99 Å². The standard InChI is InChI=1S/C5H11NOS/c1-4(7)6-5(2)8-3/h4,7H,1-3H3. The van der Waals surface area contributed by atoms with E-state index in [1.54, 1.807) is 18.7 Å². The molecule has 0 aromatic heterocycles. The predicted molar refractivity (Wildman–Crippen MR) is 38.3 cm³/mol. The van der Waals surface area contributed by atoms with Crippen molar-refractivity contribution in [2.24, 2.45) is 4.99 Å². The van der Waals surface area contributed by atoms with Crippen molar-refractivity contribution in [1.82, 2.24) is 0 Å². The molecule has 1 N–H and O–H groups in total. The highest BCUT2D eigenvalue weighted by Crippen LogP contribution is 1.97. The van der Waals surface area contributed by atoms with E-state index in [-0.39, 0.29) is 0 Å². The van der Waals surface area contributed by atoms with Gasteiger partial charge in [0.05, 0.1) is 5.04 Å². The second-order valence-electron chi connectivity index (χ2n) is 1.48. The van der Waals surface area contributed by atoms with Crippen molar-refractivity contribution in [3.63, 3.8) is 0 Å². The van der Waals surface area contributed by atoms with Crippen molar-refractivity contribution >= 4 is 16.8 Å². The molecule has 0 saturated carbocycles. The Bertz CT molecular complexity index is 90.4. The fourth-order valence-electron chi connectivity index (χ4n) is 0.316. The van der Waals surface area contributed by atoms with Crippen LogP contribution < -0.4 is 0 Å². The Morgan fingerprint density at radius 2 is 2.25 bits per heavy atom. The second kappa shape index (κ2) is 3.92. The van der Waals surface area contributed by atoms with Crippen LogP contribution in [0.25, 0.3) is 0 Å². The maximum Gasteiger partial charge on any atom is 0.143 e. The molecule has 0 aromatic rings. The largest absolute Gasteiger partial charge is 0.372 e. The fourth-order valence-corrected chi connectivity index (χ4v) is 0.574. The Morgan fingerprint density at radius 3 is 2.38 bits per heavy atom. The minimum Gasteiger partial charge on any atom is -0.372 e. The Kier molecular flexibility index (Phi) is 3.91. The van der Waals surface area contributed by atoms with Gasteiger partial charge in [0.25, 0.3) is 0 Å². The molecule has 0 amide bonds. The minimum absolute atomic E-state index is 0.553. The number of aliphatic hydroxyl groups excluding tert-OH is 1. The Balaban J connectivity index is 3.56. The Morgan fingerprint density at radius 1 is 1.75 bits per heavy atom. The molecular formula is C5H11NOS. The third-order valence-electron chi connectivity index (χ3n) is 0.664. The van der Waals surface area contributed by atoms with Gasteiger partial charge in [-0.2, -0.15) is 0 Å². The first-order chi connectivity index (χ1) is 3.66. The highest BCUT2D eigenvalue weighted by Gasteiger charge is 1.88. The van der Waals surface area contributed by atoms with E-state index in [4.69, 9.17) is 5.11 Å². The first-order valence-corrected chi connectivity index (χ1v) is 3.65. The van der Waals surface area contributed by atoms with E-state index in [1.807, 2.05) is 13.2 Å². The van der Waals surface area contributed by atoms with Crippen LogP contribution in [0.4, 0.5) is 0 Å². The van der Waals surface area contributed by atoms with Gasteiger partial charge in [-0.25, -0.2) is 0 Å². The molecule has 0 aliphatic rings. The fraction of sp³-hybridized carbons (Fsp3) is 0.800. The first kappa shape index (κ1) is 7.98. The molecule has 2 nitrogen and oxygen atoms in total. The van der Waals surface area contributed by atoms with Crippen LogP contribution in [0.15, 0.2) is 4.99 Å². The summed E-state index contributed by atoms with van der Waals surface area (Å²) in [4.78, 5) is 3.83. The molecule has 0 heterocycles. The molecule has 0 fully saturated rings. The predicted octanol–water partition coefficient (Wildman–Crippen LogP) is 1.11. The first-order valence-electron chi connectivity index (χ1n) is 2.43. The molecule has 0 rings (SSSR count). The van der Waals surface area contributed by atoms with E-state index in [0.29, 0.717) is 0 Å². The van der Waals surface area contributed by atoms with Gasteiger partial charge in [-0.3, -0.25) is 4.99 Å². The molecule has 0 saturated heterocycles. The zero-order chi connectivity index (χ0) is 6.57. The number of aliphatic imine (C=N–C) groups is 1. The van der Waals surface area contributed by atoms with Gasteiger partial charge in [-0.15, -0.1) is 11.8 Å². The average Bonchev–Trinajstić information content (AvgIpc) is 1.65. The number of nitrogens with zero attached hydrogens (tertiary/aromatic N) is 1. The smallest absolute Gasteiger partial charge is 0.143 e. The molecular weight excluding hydrogens is 122 g/mol. The van der Waals surface area contributed by atoms with E-state index in [9.17, 15) is 0 Å². The van der Waals surface area contributed by atoms with Gasteiger partial charge in [-0.1, -0.05) is 0 Å². The summed E-state index contributed by atoms with van der Waals surface area (Å²) in [7, 11) is 0. The summed E-state index contributed by atoms with van der Waals surface area (Å²) in [5, 5.41) is 9.57. The summed E-state index contributed by atoms with van der Waals surface area (Å²) in [6.07, 6.45) is 1.38. The molecule has 1 atom stereocenters. The van der Waals surface area contributed by atoms with Gasteiger partial charge in [-0.05, 0) is 20.1 Å². The van der Waals surface area contributed by atoms with Crippen LogP contribution in [-0.4, -0.2) is 22.6 Å². The number of hydrogen-bond donors (Lipinski definition) is 1. The zero-order valence-electron chi connectivity index (χ0n) is 5.38. The third kappa shape index (κ3) is 4.15. The normalized spacial score (nSPS) is 16.2. The topological polar surface area (TPSA) is 32.6 Å². The number of rotatable bonds is 1. The Hall–Kier alpha value is -0.0200. The molecule has 0 aromatic carbocycles. The zero-order valence-corrected chi connectivity index (χ0v) is 6.20. The summed E-state index contributed by atoms with van der Waals surface area (Å²) in [6.45, 7) is 3.51. The van der Waals surface area contributed by atoms with Gasteiger partial charge in [0.15, 0.2) is 0 Å². The quantitative estimate of drug-likeness (QED) is 0.429. The third-order valence-corrected chi connectivity index (χ3v) is 1.36.